The van der Waals surface area contributed by atoms with Gasteiger partial charge in [-0.15, -0.1) is 0 Å². The summed E-state index contributed by atoms with van der Waals surface area (Å²) in [6, 6.07) is 10.5. The molecule has 0 bridgehead atoms. The van der Waals surface area contributed by atoms with Crippen LogP contribution in [0.4, 0.5) is 0 Å². The second-order valence-electron chi connectivity index (χ2n) is 5.01. The van der Waals surface area contributed by atoms with E-state index in [1.54, 1.807) is 0 Å². The van der Waals surface area contributed by atoms with E-state index in [2.05, 4.69) is 11.8 Å². The first-order valence-electron chi connectivity index (χ1n) is 6.55. The molecule has 0 N–H and O–H groups in total. The van der Waals surface area contributed by atoms with Crippen molar-refractivity contribution in [2.24, 2.45) is 0 Å². The Hall–Kier alpha value is -1.31. The van der Waals surface area contributed by atoms with Gasteiger partial charge in [-0.3, -0.25) is 4.79 Å². The number of hydrogen-bond acceptors (Lipinski definition) is 1. The van der Waals surface area contributed by atoms with Crippen molar-refractivity contribution in [2.45, 2.75) is 45.1 Å². The van der Waals surface area contributed by atoms with Crippen molar-refractivity contribution in [3.8, 4) is 0 Å². The Morgan fingerprint density at radius 1 is 1.29 bits per heavy atom. The highest BCUT2D eigenvalue weighted by Crippen LogP contribution is 2.23. The molecule has 17 heavy (non-hydrogen) atoms. The molecule has 0 radical (unpaired) electrons. The quantitative estimate of drug-likeness (QED) is 0.765. The molecule has 1 aromatic rings. The first-order valence-corrected chi connectivity index (χ1v) is 6.55. The van der Waals surface area contributed by atoms with E-state index in [1.165, 1.54) is 6.42 Å². The van der Waals surface area contributed by atoms with Crippen LogP contribution in [0.15, 0.2) is 30.3 Å². The summed E-state index contributed by atoms with van der Waals surface area (Å²) >= 11 is 0. The van der Waals surface area contributed by atoms with E-state index in [4.69, 9.17) is 0 Å². The summed E-state index contributed by atoms with van der Waals surface area (Å²) in [6.45, 7) is 5.10. The summed E-state index contributed by atoms with van der Waals surface area (Å²) in [6.07, 6.45) is 3.55. The normalized spacial score (nSPS) is 22.2. The summed E-state index contributed by atoms with van der Waals surface area (Å²) in [5.74, 6) is 0.264. The maximum absolute atomic E-state index is 12.4. The van der Waals surface area contributed by atoms with Gasteiger partial charge in [0, 0.05) is 12.6 Å². The number of nitrogens with zero attached hydrogens (tertiary/aromatic N) is 1. The van der Waals surface area contributed by atoms with Gasteiger partial charge in [0.15, 0.2) is 0 Å². The van der Waals surface area contributed by atoms with Crippen molar-refractivity contribution >= 4 is 5.91 Å². The van der Waals surface area contributed by atoms with Crippen LogP contribution in [0.2, 0.25) is 0 Å². The van der Waals surface area contributed by atoms with Crippen molar-refractivity contribution in [2.75, 3.05) is 6.54 Å². The fraction of sp³-hybridized carbons (Fsp3) is 0.533. The average Bonchev–Trinajstić information content (AvgIpc) is 2.39. The molecule has 2 atom stereocenters. The lowest BCUT2D eigenvalue weighted by Gasteiger charge is -2.35. The minimum Gasteiger partial charge on any atom is -0.339 e. The molecular formula is C15H21NO. The predicted molar refractivity (Wildman–Crippen MR) is 69.9 cm³/mol. The lowest BCUT2D eigenvalue weighted by Crippen LogP contribution is -2.43. The molecule has 0 saturated carbocycles. The Morgan fingerprint density at radius 2 is 2.00 bits per heavy atom. The van der Waals surface area contributed by atoms with Crippen molar-refractivity contribution in [1.29, 1.82) is 0 Å². The van der Waals surface area contributed by atoms with Crippen LogP contribution in [0, 0.1) is 0 Å². The van der Waals surface area contributed by atoms with Crippen molar-refractivity contribution in [3.05, 3.63) is 35.9 Å². The molecule has 0 aromatic heterocycles. The number of piperidine rings is 1. The number of benzene rings is 1. The molecule has 0 aliphatic carbocycles. The zero-order valence-electron chi connectivity index (χ0n) is 10.7. The predicted octanol–water partition coefficient (Wildman–Crippen LogP) is 3.19. The molecule has 1 saturated heterocycles. The Morgan fingerprint density at radius 3 is 2.65 bits per heavy atom. The van der Waals surface area contributed by atoms with E-state index in [-0.39, 0.29) is 11.8 Å². The SMILES string of the molecule is C[C@@H]1CCCCN1C(=O)[C@H](C)c1ccccc1. The Kier molecular flexibility index (Phi) is 3.82. The molecule has 2 nitrogen and oxygen atoms in total. The van der Waals surface area contributed by atoms with E-state index >= 15 is 0 Å². The van der Waals surface area contributed by atoms with Crippen LogP contribution in [0.3, 0.4) is 0 Å². The highest BCUT2D eigenvalue weighted by Gasteiger charge is 2.27. The Labute approximate surface area is 104 Å². The maximum atomic E-state index is 12.4. The third-order valence-corrected chi connectivity index (χ3v) is 3.76. The number of rotatable bonds is 2. The zero-order valence-corrected chi connectivity index (χ0v) is 10.7. The van der Waals surface area contributed by atoms with E-state index in [0.717, 1.165) is 24.9 Å². The lowest BCUT2D eigenvalue weighted by molar-refractivity contribution is -0.135. The molecule has 1 fully saturated rings. The topological polar surface area (TPSA) is 20.3 Å². The zero-order chi connectivity index (χ0) is 12.3. The Balaban J connectivity index is 2.09. The fourth-order valence-electron chi connectivity index (χ4n) is 2.56. The van der Waals surface area contributed by atoms with Gasteiger partial charge in [0.1, 0.15) is 0 Å². The molecule has 1 aromatic carbocycles. The number of likely N-dealkylation sites (tertiary alicyclic amines) is 1. The highest BCUT2D eigenvalue weighted by atomic mass is 16.2. The molecule has 2 rings (SSSR count). The number of hydrogen-bond donors (Lipinski definition) is 0. The molecule has 2 heteroatoms. The van der Waals surface area contributed by atoms with Crippen LogP contribution in [0.5, 0.6) is 0 Å². The van der Waals surface area contributed by atoms with E-state index in [9.17, 15) is 4.79 Å². The van der Waals surface area contributed by atoms with Gasteiger partial charge in [0.2, 0.25) is 5.91 Å². The second kappa shape index (κ2) is 5.35. The van der Waals surface area contributed by atoms with Gasteiger partial charge < -0.3 is 4.90 Å². The monoisotopic (exact) mass is 231 g/mol. The second-order valence-corrected chi connectivity index (χ2v) is 5.01. The first kappa shape index (κ1) is 12.2. The van der Waals surface area contributed by atoms with Gasteiger partial charge in [0.05, 0.1) is 5.92 Å². The van der Waals surface area contributed by atoms with Gasteiger partial charge in [0.25, 0.3) is 0 Å². The van der Waals surface area contributed by atoms with E-state index in [1.807, 2.05) is 37.3 Å². The lowest BCUT2D eigenvalue weighted by atomic mass is 9.96. The number of carbonyl (C=O) groups is 1. The molecule has 1 heterocycles. The summed E-state index contributed by atoms with van der Waals surface area (Å²) in [7, 11) is 0. The summed E-state index contributed by atoms with van der Waals surface area (Å²) in [5, 5.41) is 0. The average molecular weight is 231 g/mol. The number of amides is 1. The van der Waals surface area contributed by atoms with Crippen LogP contribution in [-0.4, -0.2) is 23.4 Å². The van der Waals surface area contributed by atoms with Crippen molar-refractivity contribution in [3.63, 3.8) is 0 Å². The van der Waals surface area contributed by atoms with E-state index < -0.39 is 0 Å². The molecule has 1 amide bonds. The third kappa shape index (κ3) is 2.68. The largest absolute Gasteiger partial charge is 0.339 e. The number of carbonyl (C=O) groups excluding carboxylic acids is 1. The summed E-state index contributed by atoms with van der Waals surface area (Å²) in [5.41, 5.74) is 1.12. The Bertz CT molecular complexity index is 374. The van der Waals surface area contributed by atoms with E-state index in [0.29, 0.717) is 6.04 Å². The van der Waals surface area contributed by atoms with Crippen LogP contribution < -0.4 is 0 Å². The van der Waals surface area contributed by atoms with Gasteiger partial charge in [-0.1, -0.05) is 30.3 Å². The van der Waals surface area contributed by atoms with Gasteiger partial charge >= 0.3 is 0 Å². The maximum Gasteiger partial charge on any atom is 0.230 e. The fourth-order valence-corrected chi connectivity index (χ4v) is 2.56. The molecule has 0 unspecified atom stereocenters. The highest BCUT2D eigenvalue weighted by molar-refractivity contribution is 5.83. The van der Waals surface area contributed by atoms with Crippen molar-refractivity contribution < 1.29 is 4.79 Å². The van der Waals surface area contributed by atoms with Crippen LogP contribution in [0.1, 0.15) is 44.6 Å². The first-order chi connectivity index (χ1) is 8.20. The molecule has 92 valence electrons. The standard InChI is InChI=1S/C15H21NO/c1-12-8-6-7-11-16(12)15(17)13(2)14-9-4-3-5-10-14/h3-5,9-10,12-13H,6-8,11H2,1-2H3/t12-,13-/m1/s1. The van der Waals surface area contributed by atoms with Gasteiger partial charge in [-0.05, 0) is 38.7 Å². The molecule has 0 spiro atoms. The minimum atomic E-state index is -0.0169. The van der Waals surface area contributed by atoms with Crippen molar-refractivity contribution in [1.82, 2.24) is 4.90 Å². The molecular weight excluding hydrogens is 210 g/mol. The van der Waals surface area contributed by atoms with Gasteiger partial charge in [-0.2, -0.15) is 0 Å². The minimum absolute atomic E-state index is 0.0169. The van der Waals surface area contributed by atoms with Crippen LogP contribution >= 0.6 is 0 Å². The molecule has 1 aliphatic rings. The summed E-state index contributed by atoms with van der Waals surface area (Å²) in [4.78, 5) is 14.5. The van der Waals surface area contributed by atoms with Crippen LogP contribution in [-0.2, 0) is 4.79 Å². The summed E-state index contributed by atoms with van der Waals surface area (Å²) < 4.78 is 0. The van der Waals surface area contributed by atoms with Gasteiger partial charge in [-0.25, -0.2) is 0 Å². The molecule has 1 aliphatic heterocycles. The van der Waals surface area contributed by atoms with Crippen LogP contribution in [0.25, 0.3) is 0 Å². The smallest absolute Gasteiger partial charge is 0.230 e. The third-order valence-electron chi connectivity index (χ3n) is 3.76.